The lowest BCUT2D eigenvalue weighted by atomic mass is 10.1. The maximum absolute atomic E-state index is 12.7. The van der Waals surface area contributed by atoms with Crippen LogP contribution in [0.5, 0.6) is 11.5 Å². The Kier molecular flexibility index (Phi) is 18.6. The Bertz CT molecular complexity index is 1490. The van der Waals surface area contributed by atoms with Crippen molar-refractivity contribution in [2.45, 2.75) is 0 Å². The summed E-state index contributed by atoms with van der Waals surface area (Å²) >= 11 is 0. The summed E-state index contributed by atoms with van der Waals surface area (Å²) in [6.07, 6.45) is 0. The first-order valence-electron chi connectivity index (χ1n) is 14.7. The minimum Gasteiger partial charge on any atom is -0.417 e. The summed E-state index contributed by atoms with van der Waals surface area (Å²) in [6.45, 7) is -0.293. The first kappa shape index (κ1) is 42.4. The van der Waals surface area contributed by atoms with E-state index in [4.69, 9.17) is 37.9 Å². The molecule has 0 bridgehead atoms. The minimum atomic E-state index is -1.87. The number of carbonyl (C=O) groups is 6. The second-order valence-electron chi connectivity index (χ2n) is 9.49. The molecular weight excluding hydrogens is 708 g/mol. The monoisotopic (exact) mass is 740 g/mol. The molecule has 22 heteroatoms. The van der Waals surface area contributed by atoms with Gasteiger partial charge in [-0.2, -0.15) is 0 Å². The van der Waals surface area contributed by atoms with Crippen LogP contribution in [0.1, 0.15) is 20.7 Å². The van der Waals surface area contributed by atoms with Crippen molar-refractivity contribution >= 4 is 47.2 Å². The van der Waals surface area contributed by atoms with Crippen molar-refractivity contribution in [3.63, 3.8) is 0 Å². The van der Waals surface area contributed by atoms with Gasteiger partial charge in [0.1, 0.15) is 35.8 Å². The number of carbonyl (C=O) groups excluding carboxylic acids is 6. The zero-order valence-electron chi connectivity index (χ0n) is 27.6. The van der Waals surface area contributed by atoms with Crippen LogP contribution in [0, 0.1) is 20.2 Å². The molecule has 0 aromatic heterocycles. The molecule has 2 aromatic rings. The first-order chi connectivity index (χ1) is 24.9. The van der Waals surface area contributed by atoms with Crippen molar-refractivity contribution in [2.75, 3.05) is 80.3 Å². The number of hydrogen-bond donors (Lipinski definition) is 0. The zero-order chi connectivity index (χ0) is 38.5. The molecule has 0 spiro atoms. The van der Waals surface area contributed by atoms with E-state index >= 15 is 0 Å². The van der Waals surface area contributed by atoms with Gasteiger partial charge in [0.05, 0.1) is 62.7 Å². The predicted octanol–water partition coefficient (Wildman–Crippen LogP) is 0.740. The molecule has 282 valence electrons. The largest absolute Gasteiger partial charge is 0.423 e. The highest BCUT2D eigenvalue weighted by atomic mass is 16.6. The van der Waals surface area contributed by atoms with Crippen LogP contribution in [-0.4, -0.2) is 126 Å². The van der Waals surface area contributed by atoms with Gasteiger partial charge in [0.2, 0.25) is 0 Å². The Morgan fingerprint density at radius 1 is 0.538 bits per heavy atom. The fourth-order valence-corrected chi connectivity index (χ4v) is 3.45. The molecule has 0 heterocycles. The van der Waals surface area contributed by atoms with Gasteiger partial charge in [0.25, 0.3) is 11.4 Å². The Hall–Kier alpha value is -5.78. The smallest absolute Gasteiger partial charge is 0.417 e. The van der Waals surface area contributed by atoms with E-state index in [2.05, 4.69) is 9.47 Å². The third kappa shape index (κ3) is 15.0. The number of non-ortho nitro benzene ring substituents is 2. The number of rotatable bonds is 22. The predicted molar refractivity (Wildman–Crippen MR) is 165 cm³/mol. The molecule has 0 radical (unpaired) electrons. The van der Waals surface area contributed by atoms with Gasteiger partial charge in [-0.1, -0.05) is 0 Å². The number of nitro benzene ring substituents is 2. The van der Waals surface area contributed by atoms with Crippen molar-refractivity contribution < 1.29 is 86.0 Å². The third-order valence-electron chi connectivity index (χ3n) is 5.82. The summed E-state index contributed by atoms with van der Waals surface area (Å²) in [6, 6.07) is 4.25. The molecule has 52 heavy (non-hydrogen) atoms. The van der Waals surface area contributed by atoms with Crippen LogP contribution < -0.4 is 9.47 Å². The second-order valence-corrected chi connectivity index (χ2v) is 9.49. The van der Waals surface area contributed by atoms with E-state index in [1.807, 2.05) is 0 Å². The molecule has 2 aromatic carbocycles. The van der Waals surface area contributed by atoms with Crippen LogP contribution in [0.4, 0.5) is 11.4 Å². The summed E-state index contributed by atoms with van der Waals surface area (Å²) in [5, 5.41) is 22.6. The molecule has 0 aliphatic rings. The summed E-state index contributed by atoms with van der Waals surface area (Å²) in [5.41, 5.74) is -3.08. The molecule has 0 atom stereocenters. The number of nitrogens with zero attached hydrogens (tertiary/aromatic N) is 2. The maximum Gasteiger partial charge on any atom is 0.423 e. The number of methoxy groups -OCH3 is 2. The highest BCUT2D eigenvalue weighted by Gasteiger charge is 2.29. The number of hydrogen-bond acceptors (Lipinski definition) is 20. The summed E-state index contributed by atoms with van der Waals surface area (Å²) in [4.78, 5) is 95.7. The molecule has 0 amide bonds. The molecule has 0 aliphatic heterocycles. The Labute approximate surface area is 292 Å². The number of nitro groups is 2. The standard InChI is InChI=1S/C30H32N2O20/c1-43-7-9-45-11-13-47-17-25(33)51-27(35)21-15-19(31(39)40)3-5-23(21)49-29(37)30(38)50-24-6-4-20(32(41)42)16-22(24)28(36)52-26(34)18-48-14-12-46-10-8-44-2/h3-6,15-16H,7-14,17-18H2,1-2H3. The van der Waals surface area contributed by atoms with Gasteiger partial charge in [0, 0.05) is 38.5 Å². The van der Waals surface area contributed by atoms with Crippen molar-refractivity contribution in [3.8, 4) is 11.5 Å². The Balaban J connectivity index is 2.12. The fourth-order valence-electron chi connectivity index (χ4n) is 3.45. The maximum atomic E-state index is 12.7. The lowest BCUT2D eigenvalue weighted by molar-refractivity contribution is -0.385. The van der Waals surface area contributed by atoms with E-state index in [-0.39, 0.29) is 39.6 Å². The summed E-state index contributed by atoms with van der Waals surface area (Å²) in [5.74, 6) is -10.9. The van der Waals surface area contributed by atoms with Crippen LogP contribution in [0.3, 0.4) is 0 Å². The zero-order valence-corrected chi connectivity index (χ0v) is 27.6. The van der Waals surface area contributed by atoms with Crippen LogP contribution in [0.2, 0.25) is 0 Å². The SMILES string of the molecule is COCCOCCOCC(=O)OC(=O)c1cc([N+](=O)[O-])ccc1OC(=O)C(=O)Oc1ccc([N+](=O)[O-])cc1C(=O)OC(=O)COCCOCCOC. The average Bonchev–Trinajstić information content (AvgIpc) is 3.10. The Morgan fingerprint density at radius 2 is 0.885 bits per heavy atom. The number of ether oxygens (including phenoxy) is 10. The van der Waals surface area contributed by atoms with E-state index in [0.717, 1.165) is 24.3 Å². The van der Waals surface area contributed by atoms with Crippen molar-refractivity contribution in [2.24, 2.45) is 0 Å². The topological polar surface area (TPSA) is 281 Å². The van der Waals surface area contributed by atoms with Gasteiger partial charge in [-0.25, -0.2) is 28.8 Å². The van der Waals surface area contributed by atoms with Gasteiger partial charge in [-0.3, -0.25) is 20.2 Å². The highest BCUT2D eigenvalue weighted by Crippen LogP contribution is 2.27. The molecule has 0 saturated heterocycles. The molecule has 22 nitrogen and oxygen atoms in total. The van der Waals surface area contributed by atoms with E-state index < -0.39 is 92.9 Å². The van der Waals surface area contributed by atoms with E-state index in [1.54, 1.807) is 0 Å². The van der Waals surface area contributed by atoms with Crippen LogP contribution in [-0.2, 0) is 57.1 Å². The Morgan fingerprint density at radius 3 is 1.23 bits per heavy atom. The van der Waals surface area contributed by atoms with Crippen LogP contribution in [0.15, 0.2) is 36.4 Å². The molecule has 2 rings (SSSR count). The van der Waals surface area contributed by atoms with Crippen LogP contribution in [0.25, 0.3) is 0 Å². The average molecular weight is 741 g/mol. The van der Waals surface area contributed by atoms with Crippen molar-refractivity contribution in [1.29, 1.82) is 0 Å². The summed E-state index contributed by atoms with van der Waals surface area (Å²) < 4.78 is 48.8. The summed E-state index contributed by atoms with van der Waals surface area (Å²) in [7, 11) is 2.94. The molecular formula is C30H32N2O20. The lowest BCUT2D eigenvalue weighted by Crippen LogP contribution is -2.27. The molecule has 0 fully saturated rings. The van der Waals surface area contributed by atoms with Crippen molar-refractivity contribution in [1.82, 2.24) is 0 Å². The fraction of sp³-hybridized carbons (Fsp3) is 0.400. The van der Waals surface area contributed by atoms with Crippen molar-refractivity contribution in [3.05, 3.63) is 67.8 Å². The van der Waals surface area contributed by atoms with Gasteiger partial charge < -0.3 is 47.4 Å². The van der Waals surface area contributed by atoms with E-state index in [9.17, 15) is 49.0 Å². The molecule has 0 aliphatic carbocycles. The molecule has 0 N–H and O–H groups in total. The van der Waals surface area contributed by atoms with Gasteiger partial charge in [-0.15, -0.1) is 0 Å². The second kappa shape index (κ2) is 22.8. The minimum absolute atomic E-state index is 0.0699. The third-order valence-corrected chi connectivity index (χ3v) is 5.82. The van der Waals surface area contributed by atoms with E-state index in [0.29, 0.717) is 25.3 Å². The highest BCUT2D eigenvalue weighted by molar-refractivity contribution is 6.31. The van der Waals surface area contributed by atoms with Gasteiger partial charge in [-0.05, 0) is 12.1 Å². The normalized spacial score (nSPS) is 10.6. The number of esters is 6. The van der Waals surface area contributed by atoms with Crippen LogP contribution >= 0.6 is 0 Å². The molecule has 0 saturated carbocycles. The van der Waals surface area contributed by atoms with Gasteiger partial charge in [0.15, 0.2) is 0 Å². The lowest BCUT2D eigenvalue weighted by Gasteiger charge is -2.11. The quantitative estimate of drug-likeness (QED) is 0.0306. The van der Waals surface area contributed by atoms with Gasteiger partial charge >= 0.3 is 35.8 Å². The van der Waals surface area contributed by atoms with E-state index in [1.165, 1.54) is 14.2 Å². The first-order valence-corrected chi connectivity index (χ1v) is 14.7. The molecule has 0 unspecified atom stereocenters. The number of benzene rings is 2.